The summed E-state index contributed by atoms with van der Waals surface area (Å²) in [5.41, 5.74) is 3.91. The number of nitrogens with one attached hydrogen (secondary N) is 1. The Labute approximate surface area is 83.7 Å². The van der Waals surface area contributed by atoms with Gasteiger partial charge in [-0.25, -0.2) is 0 Å². The first kappa shape index (κ1) is 9.65. The molecule has 1 aromatic rings. The van der Waals surface area contributed by atoms with Crippen LogP contribution in [0.2, 0.25) is 0 Å². The fourth-order valence-electron chi connectivity index (χ4n) is 2.17. The summed E-state index contributed by atoms with van der Waals surface area (Å²) in [4.78, 5) is 0. The monoisotopic (exact) mass is 193 g/mol. The molecule has 0 spiro atoms. The summed E-state index contributed by atoms with van der Waals surface area (Å²) in [5, 5.41) is 9.21. The van der Waals surface area contributed by atoms with Crippen molar-refractivity contribution in [3.05, 3.63) is 35.4 Å². The number of aryl methyl sites for hydroxylation is 1. The summed E-state index contributed by atoms with van der Waals surface area (Å²) in [6, 6.07) is 8.07. The molecule has 3 nitrogen and oxygen atoms in total. The molecular formula is C11H15NO2. The zero-order chi connectivity index (χ0) is 10.0. The molecule has 0 saturated carbocycles. The fraction of sp³-hybridized carbons (Fsp3) is 0.455. The zero-order valence-corrected chi connectivity index (χ0v) is 8.29. The Balaban J connectivity index is 2.48. The lowest BCUT2D eigenvalue weighted by Crippen LogP contribution is -2.44. The molecule has 2 rings (SSSR count). The number of hydrogen-bond donors (Lipinski definition) is 2. The Morgan fingerprint density at radius 3 is 2.93 bits per heavy atom. The van der Waals surface area contributed by atoms with Crippen LogP contribution in [0.5, 0.6) is 0 Å². The molecule has 3 heteroatoms. The third-order valence-electron chi connectivity index (χ3n) is 2.96. The number of fused-ring (bicyclic) bond motifs is 1. The van der Waals surface area contributed by atoms with Gasteiger partial charge in [-0.3, -0.25) is 0 Å². The topological polar surface area (TPSA) is 41.5 Å². The lowest BCUT2D eigenvalue weighted by molar-refractivity contribution is -0.135. The van der Waals surface area contributed by atoms with Crippen LogP contribution in [0, 0.1) is 0 Å². The second-order valence-electron chi connectivity index (χ2n) is 3.65. The van der Waals surface area contributed by atoms with Gasteiger partial charge in [0.15, 0.2) is 5.72 Å². The van der Waals surface area contributed by atoms with E-state index in [2.05, 4.69) is 11.5 Å². The summed E-state index contributed by atoms with van der Waals surface area (Å²) in [6.45, 7) is 0. The van der Waals surface area contributed by atoms with Crippen LogP contribution in [-0.4, -0.2) is 12.3 Å². The number of benzene rings is 1. The normalized spacial score (nSPS) is 25.9. The molecule has 2 N–H and O–H groups in total. The predicted octanol–water partition coefficient (Wildman–Crippen LogP) is 1.80. The minimum atomic E-state index is -0.700. The first-order valence-electron chi connectivity index (χ1n) is 4.87. The maximum atomic E-state index is 9.21. The van der Waals surface area contributed by atoms with Crippen molar-refractivity contribution in [1.82, 2.24) is 5.48 Å². The molecule has 1 aliphatic carbocycles. The Hall–Kier alpha value is -0.900. The Morgan fingerprint density at radius 2 is 2.21 bits per heavy atom. The lowest BCUT2D eigenvalue weighted by Gasteiger charge is -2.36. The van der Waals surface area contributed by atoms with Gasteiger partial charge in [0.25, 0.3) is 0 Å². The van der Waals surface area contributed by atoms with Crippen LogP contribution in [0.1, 0.15) is 24.0 Å². The van der Waals surface area contributed by atoms with Crippen molar-refractivity contribution in [2.75, 3.05) is 7.11 Å². The molecule has 14 heavy (non-hydrogen) atoms. The summed E-state index contributed by atoms with van der Waals surface area (Å²) < 4.78 is 5.39. The van der Waals surface area contributed by atoms with Gasteiger partial charge in [-0.05, 0) is 24.8 Å². The van der Waals surface area contributed by atoms with Crippen LogP contribution in [-0.2, 0) is 16.9 Å². The number of hydrogen-bond acceptors (Lipinski definition) is 3. The number of methoxy groups -OCH3 is 1. The van der Waals surface area contributed by atoms with Crippen LogP contribution < -0.4 is 5.48 Å². The van der Waals surface area contributed by atoms with Gasteiger partial charge in [-0.1, -0.05) is 24.3 Å². The summed E-state index contributed by atoms with van der Waals surface area (Å²) >= 11 is 0. The number of rotatable bonds is 2. The van der Waals surface area contributed by atoms with Crippen molar-refractivity contribution in [2.45, 2.75) is 25.0 Å². The van der Waals surface area contributed by atoms with E-state index < -0.39 is 5.72 Å². The molecule has 1 aromatic carbocycles. The van der Waals surface area contributed by atoms with Gasteiger partial charge < -0.3 is 9.94 Å². The van der Waals surface area contributed by atoms with Gasteiger partial charge in [0.05, 0.1) is 0 Å². The average Bonchev–Trinajstić information content (AvgIpc) is 2.28. The molecule has 0 aliphatic heterocycles. The van der Waals surface area contributed by atoms with Gasteiger partial charge >= 0.3 is 0 Å². The third-order valence-corrected chi connectivity index (χ3v) is 2.96. The van der Waals surface area contributed by atoms with Crippen LogP contribution >= 0.6 is 0 Å². The molecule has 0 amide bonds. The second kappa shape index (κ2) is 3.69. The van der Waals surface area contributed by atoms with Crippen LogP contribution in [0.4, 0.5) is 0 Å². The van der Waals surface area contributed by atoms with E-state index in [-0.39, 0.29) is 0 Å². The summed E-state index contributed by atoms with van der Waals surface area (Å²) in [7, 11) is 1.62. The van der Waals surface area contributed by atoms with E-state index in [1.165, 1.54) is 5.56 Å². The van der Waals surface area contributed by atoms with Gasteiger partial charge in [-0.15, -0.1) is 0 Å². The van der Waals surface area contributed by atoms with E-state index in [9.17, 15) is 5.21 Å². The maximum absolute atomic E-state index is 9.21. The molecule has 1 aliphatic rings. The van der Waals surface area contributed by atoms with Crippen molar-refractivity contribution in [3.8, 4) is 0 Å². The molecular weight excluding hydrogens is 178 g/mol. The van der Waals surface area contributed by atoms with Crippen LogP contribution in [0.15, 0.2) is 24.3 Å². The highest BCUT2D eigenvalue weighted by Crippen LogP contribution is 2.35. The molecule has 0 fully saturated rings. The third kappa shape index (κ3) is 1.34. The van der Waals surface area contributed by atoms with E-state index in [1.54, 1.807) is 7.11 Å². The number of hydroxylamine groups is 1. The van der Waals surface area contributed by atoms with Crippen molar-refractivity contribution in [1.29, 1.82) is 0 Å². The van der Waals surface area contributed by atoms with Crippen molar-refractivity contribution in [2.24, 2.45) is 0 Å². The van der Waals surface area contributed by atoms with Gasteiger partial charge in [0.1, 0.15) is 0 Å². The SMILES string of the molecule is COC1(NO)CCCc2ccccc21. The maximum Gasteiger partial charge on any atom is 0.166 e. The summed E-state index contributed by atoms with van der Waals surface area (Å²) in [6.07, 6.45) is 2.89. The number of ether oxygens (including phenoxy) is 1. The zero-order valence-electron chi connectivity index (χ0n) is 8.29. The minimum Gasteiger partial charge on any atom is -0.357 e. The largest absolute Gasteiger partial charge is 0.357 e. The highest BCUT2D eigenvalue weighted by molar-refractivity contribution is 5.34. The Morgan fingerprint density at radius 1 is 1.43 bits per heavy atom. The smallest absolute Gasteiger partial charge is 0.166 e. The van der Waals surface area contributed by atoms with E-state index in [0.29, 0.717) is 0 Å². The Bertz CT molecular complexity index is 321. The highest BCUT2D eigenvalue weighted by atomic mass is 16.6. The lowest BCUT2D eigenvalue weighted by atomic mass is 9.85. The molecule has 0 bridgehead atoms. The van der Waals surface area contributed by atoms with Crippen molar-refractivity contribution >= 4 is 0 Å². The molecule has 76 valence electrons. The second-order valence-corrected chi connectivity index (χ2v) is 3.65. The molecule has 0 radical (unpaired) electrons. The molecule has 1 unspecified atom stereocenters. The fourth-order valence-corrected chi connectivity index (χ4v) is 2.17. The van der Waals surface area contributed by atoms with Crippen LogP contribution in [0.3, 0.4) is 0 Å². The first-order chi connectivity index (χ1) is 6.82. The highest BCUT2D eigenvalue weighted by Gasteiger charge is 2.35. The van der Waals surface area contributed by atoms with Crippen molar-refractivity contribution < 1.29 is 9.94 Å². The molecule has 0 saturated heterocycles. The van der Waals surface area contributed by atoms with E-state index in [1.807, 2.05) is 18.2 Å². The minimum absolute atomic E-state index is 0.700. The van der Waals surface area contributed by atoms with Gasteiger partial charge in [0.2, 0.25) is 0 Å². The van der Waals surface area contributed by atoms with Gasteiger partial charge in [-0.2, -0.15) is 5.48 Å². The Kier molecular flexibility index (Phi) is 2.54. The summed E-state index contributed by atoms with van der Waals surface area (Å²) in [5.74, 6) is 0. The molecule has 1 atom stereocenters. The quantitative estimate of drug-likeness (QED) is 0.556. The average molecular weight is 193 g/mol. The van der Waals surface area contributed by atoms with Crippen molar-refractivity contribution in [3.63, 3.8) is 0 Å². The standard InChI is InChI=1S/C11H15NO2/c1-14-11(12-13)8-4-6-9-5-2-3-7-10(9)11/h2-3,5,7,12-13H,4,6,8H2,1H3. The van der Waals surface area contributed by atoms with E-state index in [4.69, 9.17) is 4.74 Å². The van der Waals surface area contributed by atoms with Gasteiger partial charge in [0, 0.05) is 12.7 Å². The van der Waals surface area contributed by atoms with E-state index >= 15 is 0 Å². The van der Waals surface area contributed by atoms with Crippen LogP contribution in [0.25, 0.3) is 0 Å². The molecule has 0 aromatic heterocycles. The van der Waals surface area contributed by atoms with E-state index in [0.717, 1.165) is 24.8 Å². The predicted molar refractivity (Wildman–Crippen MR) is 53.0 cm³/mol. The molecule has 0 heterocycles. The first-order valence-corrected chi connectivity index (χ1v) is 4.87.